The van der Waals surface area contributed by atoms with Crippen molar-refractivity contribution in [3.63, 3.8) is 0 Å². The van der Waals surface area contributed by atoms with Gasteiger partial charge in [-0.2, -0.15) is 0 Å². The quantitative estimate of drug-likeness (QED) is 0.807. The fraction of sp³-hybridized carbons (Fsp3) is 0.222. The van der Waals surface area contributed by atoms with Crippen molar-refractivity contribution >= 4 is 21.9 Å². The molecule has 12 heavy (non-hydrogen) atoms. The zero-order valence-electron chi connectivity index (χ0n) is 6.46. The summed E-state index contributed by atoms with van der Waals surface area (Å²) in [5.41, 5.74) is 1.28. The van der Waals surface area contributed by atoms with Crippen LogP contribution in [0.1, 0.15) is 15.9 Å². The van der Waals surface area contributed by atoms with Crippen LogP contribution in [0.5, 0.6) is 0 Å². The molecule has 1 aromatic carbocycles. The van der Waals surface area contributed by atoms with Gasteiger partial charge in [0.1, 0.15) is 0 Å². The van der Waals surface area contributed by atoms with E-state index in [1.807, 2.05) is 12.1 Å². The first-order valence-electron chi connectivity index (χ1n) is 3.63. The van der Waals surface area contributed by atoms with Crippen LogP contribution in [0.15, 0.2) is 24.3 Å². The SMILES string of the molecule is O=C(O)c1ccccc1CCBr. The lowest BCUT2D eigenvalue weighted by Gasteiger charge is -2.01. The minimum absolute atomic E-state index is 0.400. The molecule has 1 rings (SSSR count). The molecule has 64 valence electrons. The molecule has 0 amide bonds. The minimum Gasteiger partial charge on any atom is -0.478 e. The van der Waals surface area contributed by atoms with Gasteiger partial charge >= 0.3 is 5.97 Å². The van der Waals surface area contributed by atoms with Crippen molar-refractivity contribution in [2.24, 2.45) is 0 Å². The predicted molar refractivity (Wildman–Crippen MR) is 50.9 cm³/mol. The second-order valence-corrected chi connectivity index (χ2v) is 3.19. The summed E-state index contributed by atoms with van der Waals surface area (Å²) in [7, 11) is 0. The largest absolute Gasteiger partial charge is 0.478 e. The Morgan fingerprint density at radius 2 is 2.08 bits per heavy atom. The van der Waals surface area contributed by atoms with Crippen molar-refractivity contribution in [2.75, 3.05) is 5.33 Å². The molecule has 0 aliphatic heterocycles. The molecule has 0 heterocycles. The number of carbonyl (C=O) groups is 1. The van der Waals surface area contributed by atoms with E-state index < -0.39 is 5.97 Å². The number of benzene rings is 1. The fourth-order valence-corrected chi connectivity index (χ4v) is 1.48. The Morgan fingerprint density at radius 3 is 2.67 bits per heavy atom. The first-order valence-corrected chi connectivity index (χ1v) is 4.75. The topological polar surface area (TPSA) is 37.3 Å². The second kappa shape index (κ2) is 4.26. The lowest BCUT2D eigenvalue weighted by molar-refractivity contribution is 0.0696. The number of rotatable bonds is 3. The van der Waals surface area contributed by atoms with Crippen molar-refractivity contribution < 1.29 is 9.90 Å². The van der Waals surface area contributed by atoms with Gasteiger partial charge in [0, 0.05) is 5.33 Å². The van der Waals surface area contributed by atoms with E-state index in [1.54, 1.807) is 12.1 Å². The molecule has 0 aromatic heterocycles. The average molecular weight is 229 g/mol. The molecule has 3 heteroatoms. The Morgan fingerprint density at radius 1 is 1.42 bits per heavy atom. The Labute approximate surface area is 79.3 Å². The molecule has 1 aromatic rings. The summed E-state index contributed by atoms with van der Waals surface area (Å²) < 4.78 is 0. The lowest BCUT2D eigenvalue weighted by atomic mass is 10.1. The van der Waals surface area contributed by atoms with E-state index >= 15 is 0 Å². The summed E-state index contributed by atoms with van der Waals surface area (Å²) in [6.07, 6.45) is 0.752. The third-order valence-electron chi connectivity index (χ3n) is 1.61. The molecule has 0 saturated heterocycles. The third kappa shape index (κ3) is 2.08. The molecule has 0 fully saturated rings. The normalized spacial score (nSPS) is 9.75. The molecular weight excluding hydrogens is 220 g/mol. The number of alkyl halides is 1. The van der Waals surface area contributed by atoms with Gasteiger partial charge in [-0.25, -0.2) is 4.79 Å². The zero-order valence-corrected chi connectivity index (χ0v) is 8.04. The predicted octanol–water partition coefficient (Wildman–Crippen LogP) is 2.32. The third-order valence-corrected chi connectivity index (χ3v) is 2.01. The van der Waals surface area contributed by atoms with Crippen LogP contribution in [0.25, 0.3) is 0 Å². The van der Waals surface area contributed by atoms with E-state index in [-0.39, 0.29) is 0 Å². The molecule has 0 aliphatic carbocycles. The molecule has 0 bridgehead atoms. The summed E-state index contributed by atoms with van der Waals surface area (Å²) in [6, 6.07) is 7.05. The van der Waals surface area contributed by atoms with Crippen molar-refractivity contribution in [1.29, 1.82) is 0 Å². The zero-order chi connectivity index (χ0) is 8.97. The number of hydrogen-bond acceptors (Lipinski definition) is 1. The fourth-order valence-electron chi connectivity index (χ4n) is 1.05. The van der Waals surface area contributed by atoms with Crippen LogP contribution in [0.3, 0.4) is 0 Å². The molecule has 1 N–H and O–H groups in total. The summed E-state index contributed by atoms with van der Waals surface area (Å²) in [4.78, 5) is 10.7. The smallest absolute Gasteiger partial charge is 0.335 e. The van der Waals surface area contributed by atoms with Crippen LogP contribution in [0.2, 0.25) is 0 Å². The van der Waals surface area contributed by atoms with Gasteiger partial charge in [-0.05, 0) is 18.1 Å². The summed E-state index contributed by atoms with van der Waals surface area (Å²) in [5.74, 6) is -0.855. The molecule has 0 aliphatic rings. The van der Waals surface area contributed by atoms with E-state index in [1.165, 1.54) is 0 Å². The maximum Gasteiger partial charge on any atom is 0.335 e. The second-order valence-electron chi connectivity index (χ2n) is 2.40. The van der Waals surface area contributed by atoms with Gasteiger partial charge in [0.25, 0.3) is 0 Å². The van der Waals surface area contributed by atoms with E-state index in [2.05, 4.69) is 15.9 Å². The summed E-state index contributed by atoms with van der Waals surface area (Å²) >= 11 is 3.28. The van der Waals surface area contributed by atoms with Gasteiger partial charge in [0.15, 0.2) is 0 Å². The van der Waals surface area contributed by atoms with Crippen molar-refractivity contribution in [3.05, 3.63) is 35.4 Å². The van der Waals surface area contributed by atoms with E-state index in [0.717, 1.165) is 17.3 Å². The number of aromatic carboxylic acids is 1. The van der Waals surface area contributed by atoms with Crippen LogP contribution in [0, 0.1) is 0 Å². The van der Waals surface area contributed by atoms with Crippen molar-refractivity contribution in [2.45, 2.75) is 6.42 Å². The molecule has 0 spiro atoms. The number of halogens is 1. The van der Waals surface area contributed by atoms with E-state index in [0.29, 0.717) is 5.56 Å². The maximum atomic E-state index is 10.7. The highest BCUT2D eigenvalue weighted by Crippen LogP contribution is 2.10. The Bertz CT molecular complexity index is 284. The highest BCUT2D eigenvalue weighted by Gasteiger charge is 2.06. The van der Waals surface area contributed by atoms with Gasteiger partial charge in [-0.1, -0.05) is 34.1 Å². The summed E-state index contributed by atoms with van der Waals surface area (Å²) in [6.45, 7) is 0. The lowest BCUT2D eigenvalue weighted by Crippen LogP contribution is -2.02. The van der Waals surface area contributed by atoms with Gasteiger partial charge in [-0.15, -0.1) is 0 Å². The Hall–Kier alpha value is -0.830. The molecule has 2 nitrogen and oxygen atoms in total. The Kier molecular flexibility index (Phi) is 3.29. The highest BCUT2D eigenvalue weighted by molar-refractivity contribution is 9.09. The maximum absolute atomic E-state index is 10.7. The van der Waals surface area contributed by atoms with Gasteiger partial charge in [0.2, 0.25) is 0 Å². The molecule has 0 unspecified atom stereocenters. The first kappa shape index (κ1) is 9.26. The first-order chi connectivity index (χ1) is 5.75. The van der Waals surface area contributed by atoms with Crippen LogP contribution in [-0.4, -0.2) is 16.4 Å². The van der Waals surface area contributed by atoms with Crippen LogP contribution in [0.4, 0.5) is 0 Å². The number of carboxylic acid groups (broad SMARTS) is 1. The van der Waals surface area contributed by atoms with Crippen LogP contribution in [-0.2, 0) is 6.42 Å². The van der Waals surface area contributed by atoms with E-state index in [9.17, 15) is 4.79 Å². The van der Waals surface area contributed by atoms with Crippen LogP contribution < -0.4 is 0 Å². The molecule has 0 radical (unpaired) electrons. The monoisotopic (exact) mass is 228 g/mol. The van der Waals surface area contributed by atoms with Gasteiger partial charge < -0.3 is 5.11 Å². The summed E-state index contributed by atoms with van der Waals surface area (Å²) in [5, 5.41) is 9.57. The van der Waals surface area contributed by atoms with Crippen molar-refractivity contribution in [3.8, 4) is 0 Å². The molecular formula is C9H9BrO2. The molecule has 0 atom stereocenters. The van der Waals surface area contributed by atoms with Crippen molar-refractivity contribution in [1.82, 2.24) is 0 Å². The number of carboxylic acids is 1. The van der Waals surface area contributed by atoms with Gasteiger partial charge in [-0.3, -0.25) is 0 Å². The van der Waals surface area contributed by atoms with Crippen LogP contribution >= 0.6 is 15.9 Å². The average Bonchev–Trinajstić information content (AvgIpc) is 2.05. The minimum atomic E-state index is -0.855. The van der Waals surface area contributed by atoms with Gasteiger partial charge in [0.05, 0.1) is 5.56 Å². The standard InChI is InChI=1S/C9H9BrO2/c10-6-5-7-3-1-2-4-8(7)9(11)12/h1-4H,5-6H2,(H,11,12). The van der Waals surface area contributed by atoms with E-state index in [4.69, 9.17) is 5.11 Å². The number of aryl methyl sites for hydroxylation is 1. The number of hydrogen-bond donors (Lipinski definition) is 1. The Balaban J connectivity index is 3.00. The highest BCUT2D eigenvalue weighted by atomic mass is 79.9. The molecule has 0 saturated carbocycles.